The first kappa shape index (κ1) is 15.0. The van der Waals surface area contributed by atoms with Gasteiger partial charge in [-0.1, -0.05) is 11.6 Å². The average Bonchev–Trinajstić information content (AvgIpc) is 2.51. The van der Waals surface area contributed by atoms with Gasteiger partial charge in [0.1, 0.15) is 0 Å². The van der Waals surface area contributed by atoms with Crippen molar-refractivity contribution in [2.24, 2.45) is 0 Å². The van der Waals surface area contributed by atoms with E-state index in [1.807, 2.05) is 0 Å². The molecule has 2 N–H and O–H groups in total. The number of aliphatic hydroxyl groups is 1. The Morgan fingerprint density at radius 1 is 1.38 bits per heavy atom. The molecule has 1 aromatic heterocycles. The van der Waals surface area contributed by atoms with Crippen LogP contribution in [-0.4, -0.2) is 59.1 Å². The van der Waals surface area contributed by atoms with Gasteiger partial charge >= 0.3 is 0 Å². The Balaban J connectivity index is 1.73. The van der Waals surface area contributed by atoms with Crippen LogP contribution in [-0.2, 0) is 17.8 Å². The Kier molecular flexibility index (Phi) is 4.90. The van der Waals surface area contributed by atoms with Gasteiger partial charge in [0.25, 0.3) is 0 Å². The van der Waals surface area contributed by atoms with E-state index in [1.54, 1.807) is 0 Å². The van der Waals surface area contributed by atoms with Gasteiger partial charge < -0.3 is 15.2 Å². The summed E-state index contributed by atoms with van der Waals surface area (Å²) in [6.45, 7) is 4.13. The van der Waals surface area contributed by atoms with Crippen molar-refractivity contribution >= 4 is 17.4 Å². The molecule has 0 aliphatic carbocycles. The zero-order chi connectivity index (χ0) is 14.7. The molecular weight excluding hydrogens is 292 g/mol. The average molecular weight is 313 g/mol. The van der Waals surface area contributed by atoms with E-state index in [0.29, 0.717) is 24.4 Å². The summed E-state index contributed by atoms with van der Waals surface area (Å²) in [4.78, 5) is 2.27. The van der Waals surface area contributed by atoms with E-state index in [1.165, 1.54) is 0 Å². The lowest BCUT2D eigenvalue weighted by molar-refractivity contribution is 0.110. The molecule has 0 amide bonds. The van der Waals surface area contributed by atoms with Gasteiger partial charge in [0, 0.05) is 30.3 Å². The smallest absolute Gasteiger partial charge is 0.155 e. The first-order valence-corrected chi connectivity index (χ1v) is 7.87. The molecule has 1 fully saturated rings. The molecule has 3 heterocycles. The number of nitrogens with zero attached hydrogens (tertiary/aromatic N) is 3. The summed E-state index contributed by atoms with van der Waals surface area (Å²) in [5.74, 6) is 0.796. The molecule has 1 saturated heterocycles. The van der Waals surface area contributed by atoms with Gasteiger partial charge in [0.2, 0.25) is 0 Å². The quantitative estimate of drug-likeness (QED) is 0.867. The highest BCUT2D eigenvalue weighted by atomic mass is 35.5. The van der Waals surface area contributed by atoms with Crippen LogP contribution in [0, 0.1) is 0 Å². The van der Waals surface area contributed by atoms with Crippen LogP contribution >= 0.6 is 11.6 Å². The Morgan fingerprint density at radius 3 is 3.14 bits per heavy atom. The van der Waals surface area contributed by atoms with E-state index in [-0.39, 0.29) is 6.61 Å². The highest BCUT2D eigenvalue weighted by Gasteiger charge is 2.24. The van der Waals surface area contributed by atoms with Crippen LogP contribution in [0.3, 0.4) is 0 Å². The molecule has 0 radical (unpaired) electrons. The third-order valence-electron chi connectivity index (χ3n) is 4.14. The second-order valence-corrected chi connectivity index (χ2v) is 5.96. The Bertz CT molecular complexity index is 498. The highest BCUT2D eigenvalue weighted by Crippen LogP contribution is 2.28. The van der Waals surface area contributed by atoms with Gasteiger partial charge in [-0.05, 0) is 25.8 Å². The summed E-state index contributed by atoms with van der Waals surface area (Å²) < 4.78 is 5.53. The van der Waals surface area contributed by atoms with Crippen molar-refractivity contribution in [3.8, 4) is 0 Å². The Hall–Kier alpha value is -0.950. The van der Waals surface area contributed by atoms with Crippen LogP contribution in [0.1, 0.15) is 24.0 Å². The molecule has 0 bridgehead atoms. The molecule has 6 nitrogen and oxygen atoms in total. The van der Waals surface area contributed by atoms with Gasteiger partial charge in [-0.3, -0.25) is 4.90 Å². The zero-order valence-electron chi connectivity index (χ0n) is 12.0. The fraction of sp³-hybridized carbons (Fsp3) is 0.714. The molecule has 0 unspecified atom stereocenters. The van der Waals surface area contributed by atoms with Crippen molar-refractivity contribution in [2.45, 2.75) is 31.9 Å². The van der Waals surface area contributed by atoms with Gasteiger partial charge in [-0.2, -0.15) is 0 Å². The van der Waals surface area contributed by atoms with Crippen molar-refractivity contribution in [3.05, 3.63) is 16.3 Å². The second-order valence-electron chi connectivity index (χ2n) is 5.61. The number of halogens is 1. The van der Waals surface area contributed by atoms with Crippen molar-refractivity contribution in [1.82, 2.24) is 15.1 Å². The number of fused-ring (bicyclic) bond motifs is 1. The molecule has 0 saturated carbocycles. The van der Waals surface area contributed by atoms with Gasteiger partial charge in [-0.15, -0.1) is 10.2 Å². The normalized spacial score (nSPS) is 22.9. The van der Waals surface area contributed by atoms with E-state index in [2.05, 4.69) is 20.4 Å². The molecular formula is C14H21ClN4O2. The lowest BCUT2D eigenvalue weighted by atomic mass is 10.0. The van der Waals surface area contributed by atoms with E-state index < -0.39 is 0 Å². The number of piperidine rings is 1. The summed E-state index contributed by atoms with van der Waals surface area (Å²) in [6.07, 6.45) is 3.01. The molecule has 3 rings (SSSR count). The number of aliphatic hydroxyl groups excluding tert-OH is 1. The summed E-state index contributed by atoms with van der Waals surface area (Å²) in [5, 5.41) is 21.3. The van der Waals surface area contributed by atoms with Crippen LogP contribution in [0.15, 0.2) is 0 Å². The molecule has 21 heavy (non-hydrogen) atoms. The maximum Gasteiger partial charge on any atom is 0.155 e. The third-order valence-corrected chi connectivity index (χ3v) is 4.45. The van der Waals surface area contributed by atoms with E-state index in [4.69, 9.17) is 21.4 Å². The molecule has 1 aromatic rings. The van der Waals surface area contributed by atoms with Gasteiger partial charge in [0.05, 0.1) is 19.8 Å². The van der Waals surface area contributed by atoms with Gasteiger partial charge in [-0.25, -0.2) is 0 Å². The lowest BCUT2D eigenvalue weighted by Crippen LogP contribution is -2.43. The molecule has 1 atom stereocenters. The van der Waals surface area contributed by atoms with E-state index >= 15 is 0 Å². The van der Waals surface area contributed by atoms with Crippen molar-refractivity contribution in [3.63, 3.8) is 0 Å². The molecule has 7 heteroatoms. The number of likely N-dealkylation sites (tertiary alicyclic amines) is 1. The van der Waals surface area contributed by atoms with Crippen molar-refractivity contribution in [1.29, 1.82) is 0 Å². The minimum atomic E-state index is 0.205. The van der Waals surface area contributed by atoms with Crippen molar-refractivity contribution < 1.29 is 9.84 Å². The van der Waals surface area contributed by atoms with Crippen molar-refractivity contribution in [2.75, 3.05) is 38.2 Å². The Labute approximate surface area is 129 Å². The Morgan fingerprint density at radius 2 is 2.29 bits per heavy atom. The summed E-state index contributed by atoms with van der Waals surface area (Å²) in [7, 11) is 0. The second kappa shape index (κ2) is 6.87. The highest BCUT2D eigenvalue weighted by molar-refractivity contribution is 6.30. The van der Waals surface area contributed by atoms with Crippen LogP contribution in [0.5, 0.6) is 0 Å². The summed E-state index contributed by atoms with van der Waals surface area (Å²) in [5.41, 5.74) is 2.10. The van der Waals surface area contributed by atoms with E-state index in [9.17, 15) is 0 Å². The number of hydrogen-bond donors (Lipinski definition) is 2. The summed E-state index contributed by atoms with van der Waals surface area (Å²) in [6, 6.07) is 0.326. The lowest BCUT2D eigenvalue weighted by Gasteiger charge is -2.33. The molecule has 2 aliphatic rings. The minimum absolute atomic E-state index is 0.205. The number of nitrogens with one attached hydrogen (secondary N) is 1. The predicted octanol–water partition coefficient (Wildman–Crippen LogP) is 1.07. The number of β-amino-alcohol motifs (C(OH)–C–C–N with tert-alkyl or cyclic N) is 1. The third kappa shape index (κ3) is 3.45. The molecule has 0 aromatic carbocycles. The largest absolute Gasteiger partial charge is 0.395 e. The number of rotatable bonds is 4. The number of ether oxygens (including phenoxy) is 1. The molecule has 116 valence electrons. The minimum Gasteiger partial charge on any atom is -0.395 e. The topological polar surface area (TPSA) is 70.5 Å². The predicted molar refractivity (Wildman–Crippen MR) is 80.6 cm³/mol. The molecule has 2 aliphatic heterocycles. The zero-order valence-corrected chi connectivity index (χ0v) is 12.8. The SMILES string of the molecule is OCCN1CCC[C@@H](Nc2nnc(Cl)c3c2COCC3)C1. The first-order valence-electron chi connectivity index (χ1n) is 7.49. The van der Waals surface area contributed by atoms with Crippen LogP contribution in [0.2, 0.25) is 5.15 Å². The standard InChI is InChI=1S/C14H21ClN4O2/c15-13-11-3-7-21-9-12(11)14(18-17-13)16-10-2-1-4-19(8-10)5-6-20/h10,20H,1-9H2,(H,16,18)/t10-/m1/s1. The maximum atomic E-state index is 9.07. The number of hydrogen-bond acceptors (Lipinski definition) is 6. The monoisotopic (exact) mass is 312 g/mol. The molecule has 0 spiro atoms. The van der Waals surface area contributed by atoms with Crippen LogP contribution in [0.25, 0.3) is 0 Å². The van der Waals surface area contributed by atoms with Crippen LogP contribution in [0.4, 0.5) is 5.82 Å². The van der Waals surface area contributed by atoms with Crippen LogP contribution < -0.4 is 5.32 Å². The van der Waals surface area contributed by atoms with E-state index in [0.717, 1.165) is 55.8 Å². The maximum absolute atomic E-state index is 9.07. The number of aromatic nitrogens is 2. The van der Waals surface area contributed by atoms with Gasteiger partial charge in [0.15, 0.2) is 11.0 Å². The fourth-order valence-electron chi connectivity index (χ4n) is 3.07. The number of anilines is 1. The fourth-order valence-corrected chi connectivity index (χ4v) is 3.31. The first-order chi connectivity index (χ1) is 10.3. The summed E-state index contributed by atoms with van der Waals surface area (Å²) >= 11 is 6.13.